The largest absolute Gasteiger partial charge is 0.493 e. The topological polar surface area (TPSA) is 67.9 Å². The van der Waals surface area contributed by atoms with Crippen molar-refractivity contribution in [2.75, 3.05) is 13.7 Å². The molecule has 156 valence electrons. The highest BCUT2D eigenvalue weighted by molar-refractivity contribution is 5.88. The Kier molecular flexibility index (Phi) is 8.00. The molecule has 0 aliphatic rings. The fraction of sp³-hybridized carbons (Fsp3) is 0.364. The maximum Gasteiger partial charge on any atom is 0.261 e. The number of carbonyl (C=O) groups excluding carboxylic acids is 2. The zero-order valence-corrected chi connectivity index (χ0v) is 17.1. The SMILES string of the molecule is COc1ccccc1OCC(=O)N(Cc1ccc(F)cc1)[C@H](C)C(=O)NC(C)C. The molecule has 2 rings (SSSR count). The van der Waals surface area contributed by atoms with Gasteiger partial charge in [0.2, 0.25) is 5.91 Å². The Bertz CT molecular complexity index is 824. The van der Waals surface area contributed by atoms with Gasteiger partial charge < -0.3 is 19.7 Å². The lowest BCUT2D eigenvalue weighted by Crippen LogP contribution is -2.50. The molecule has 0 fully saturated rings. The maximum absolute atomic E-state index is 13.2. The minimum Gasteiger partial charge on any atom is -0.493 e. The van der Waals surface area contributed by atoms with Crippen LogP contribution >= 0.6 is 0 Å². The second-order valence-electron chi connectivity index (χ2n) is 6.93. The molecule has 2 aromatic carbocycles. The van der Waals surface area contributed by atoms with Crippen LogP contribution in [0.3, 0.4) is 0 Å². The Labute approximate surface area is 170 Å². The summed E-state index contributed by atoms with van der Waals surface area (Å²) in [6.07, 6.45) is 0. The first kappa shape index (κ1) is 22.2. The van der Waals surface area contributed by atoms with Crippen LogP contribution in [0.15, 0.2) is 48.5 Å². The van der Waals surface area contributed by atoms with E-state index in [0.717, 1.165) is 0 Å². The molecule has 0 bridgehead atoms. The Hall–Kier alpha value is -3.09. The molecular weight excluding hydrogens is 375 g/mol. The van der Waals surface area contributed by atoms with Crippen molar-refractivity contribution in [2.24, 2.45) is 0 Å². The fourth-order valence-electron chi connectivity index (χ4n) is 2.73. The van der Waals surface area contributed by atoms with E-state index in [1.165, 1.54) is 24.1 Å². The highest BCUT2D eigenvalue weighted by Crippen LogP contribution is 2.25. The van der Waals surface area contributed by atoms with Gasteiger partial charge in [-0.25, -0.2) is 4.39 Å². The summed E-state index contributed by atoms with van der Waals surface area (Å²) in [5.74, 6) is -0.0588. The highest BCUT2D eigenvalue weighted by Gasteiger charge is 2.27. The summed E-state index contributed by atoms with van der Waals surface area (Å²) in [6, 6.07) is 12.0. The Morgan fingerprint density at radius 2 is 1.66 bits per heavy atom. The van der Waals surface area contributed by atoms with Crippen molar-refractivity contribution in [1.29, 1.82) is 0 Å². The van der Waals surface area contributed by atoms with E-state index in [-0.39, 0.29) is 36.8 Å². The second-order valence-corrected chi connectivity index (χ2v) is 6.93. The number of rotatable bonds is 9. The van der Waals surface area contributed by atoms with Crippen molar-refractivity contribution in [2.45, 2.75) is 39.4 Å². The molecule has 0 saturated carbocycles. The summed E-state index contributed by atoms with van der Waals surface area (Å²) in [4.78, 5) is 26.8. The third kappa shape index (κ3) is 6.48. The smallest absolute Gasteiger partial charge is 0.261 e. The molecule has 0 saturated heterocycles. The number of halogens is 1. The van der Waals surface area contributed by atoms with Gasteiger partial charge >= 0.3 is 0 Å². The van der Waals surface area contributed by atoms with Gasteiger partial charge in [0.25, 0.3) is 5.91 Å². The van der Waals surface area contributed by atoms with E-state index in [1.54, 1.807) is 43.3 Å². The molecule has 0 unspecified atom stereocenters. The number of para-hydroxylation sites is 2. The quantitative estimate of drug-likeness (QED) is 0.700. The molecule has 0 radical (unpaired) electrons. The lowest BCUT2D eigenvalue weighted by molar-refractivity contribution is -0.142. The molecular formula is C22H27FN2O4. The highest BCUT2D eigenvalue weighted by atomic mass is 19.1. The van der Waals surface area contributed by atoms with Crippen LogP contribution in [-0.2, 0) is 16.1 Å². The Morgan fingerprint density at radius 3 is 2.24 bits per heavy atom. The number of carbonyl (C=O) groups is 2. The van der Waals surface area contributed by atoms with Gasteiger partial charge in [0.05, 0.1) is 7.11 Å². The van der Waals surface area contributed by atoms with E-state index in [0.29, 0.717) is 17.1 Å². The van der Waals surface area contributed by atoms with Crippen molar-refractivity contribution in [3.63, 3.8) is 0 Å². The van der Waals surface area contributed by atoms with Gasteiger partial charge in [-0.2, -0.15) is 0 Å². The van der Waals surface area contributed by atoms with Crippen molar-refractivity contribution >= 4 is 11.8 Å². The monoisotopic (exact) mass is 402 g/mol. The molecule has 29 heavy (non-hydrogen) atoms. The van der Waals surface area contributed by atoms with Gasteiger partial charge in [-0.05, 0) is 50.6 Å². The van der Waals surface area contributed by atoms with Gasteiger partial charge in [0.15, 0.2) is 18.1 Å². The number of ether oxygens (including phenoxy) is 2. The van der Waals surface area contributed by atoms with Crippen LogP contribution < -0.4 is 14.8 Å². The van der Waals surface area contributed by atoms with Gasteiger partial charge in [0, 0.05) is 12.6 Å². The van der Waals surface area contributed by atoms with Crippen molar-refractivity contribution in [3.8, 4) is 11.5 Å². The average molecular weight is 402 g/mol. The van der Waals surface area contributed by atoms with E-state index >= 15 is 0 Å². The molecule has 6 nitrogen and oxygen atoms in total. The molecule has 0 aromatic heterocycles. The Balaban J connectivity index is 2.16. The van der Waals surface area contributed by atoms with E-state index in [9.17, 15) is 14.0 Å². The maximum atomic E-state index is 13.2. The number of nitrogens with zero attached hydrogens (tertiary/aromatic N) is 1. The first-order valence-corrected chi connectivity index (χ1v) is 9.42. The number of benzene rings is 2. The van der Waals surface area contributed by atoms with Crippen LogP contribution in [0.5, 0.6) is 11.5 Å². The predicted octanol–water partition coefficient (Wildman–Crippen LogP) is 3.16. The van der Waals surface area contributed by atoms with E-state index in [4.69, 9.17) is 9.47 Å². The summed E-state index contributed by atoms with van der Waals surface area (Å²) in [6.45, 7) is 5.24. The van der Waals surface area contributed by atoms with E-state index in [1.807, 2.05) is 13.8 Å². The molecule has 0 heterocycles. The summed E-state index contributed by atoms with van der Waals surface area (Å²) >= 11 is 0. The van der Waals surface area contributed by atoms with Gasteiger partial charge in [-0.1, -0.05) is 24.3 Å². The van der Waals surface area contributed by atoms with Crippen LogP contribution in [-0.4, -0.2) is 42.5 Å². The predicted molar refractivity (Wildman–Crippen MR) is 108 cm³/mol. The number of amides is 2. The minimum absolute atomic E-state index is 0.0578. The molecule has 2 aromatic rings. The van der Waals surface area contributed by atoms with Crippen molar-refractivity contribution < 1.29 is 23.5 Å². The van der Waals surface area contributed by atoms with E-state index in [2.05, 4.69) is 5.32 Å². The van der Waals surface area contributed by atoms with Crippen LogP contribution in [0.25, 0.3) is 0 Å². The first-order valence-electron chi connectivity index (χ1n) is 9.42. The molecule has 2 amide bonds. The van der Waals surface area contributed by atoms with E-state index < -0.39 is 6.04 Å². The van der Waals surface area contributed by atoms with Crippen LogP contribution in [0.2, 0.25) is 0 Å². The number of hydrogen-bond acceptors (Lipinski definition) is 4. The summed E-state index contributed by atoms with van der Waals surface area (Å²) in [5.41, 5.74) is 0.709. The molecule has 0 aliphatic heterocycles. The molecule has 0 spiro atoms. The normalized spacial score (nSPS) is 11.7. The van der Waals surface area contributed by atoms with Crippen molar-refractivity contribution in [3.05, 3.63) is 59.9 Å². The standard InChI is InChI=1S/C22H27FN2O4/c1-15(2)24-22(27)16(3)25(13-17-9-11-18(23)12-10-17)21(26)14-29-20-8-6-5-7-19(20)28-4/h5-12,15-16H,13-14H2,1-4H3,(H,24,27)/t16-/m1/s1. The van der Waals surface area contributed by atoms with Gasteiger partial charge in [0.1, 0.15) is 11.9 Å². The second kappa shape index (κ2) is 10.5. The fourth-order valence-corrected chi connectivity index (χ4v) is 2.73. The molecule has 1 atom stereocenters. The summed E-state index contributed by atoms with van der Waals surface area (Å²) < 4.78 is 24.1. The lowest BCUT2D eigenvalue weighted by atomic mass is 10.1. The zero-order chi connectivity index (χ0) is 21.4. The third-order valence-corrected chi connectivity index (χ3v) is 4.28. The van der Waals surface area contributed by atoms with Crippen LogP contribution in [0.1, 0.15) is 26.3 Å². The number of hydrogen-bond donors (Lipinski definition) is 1. The third-order valence-electron chi connectivity index (χ3n) is 4.28. The molecule has 7 heteroatoms. The van der Waals surface area contributed by atoms with Crippen LogP contribution in [0, 0.1) is 5.82 Å². The lowest BCUT2D eigenvalue weighted by Gasteiger charge is -2.29. The van der Waals surface area contributed by atoms with Crippen molar-refractivity contribution in [1.82, 2.24) is 10.2 Å². The zero-order valence-electron chi connectivity index (χ0n) is 17.1. The average Bonchev–Trinajstić information content (AvgIpc) is 2.70. The number of nitrogens with one attached hydrogen (secondary N) is 1. The van der Waals surface area contributed by atoms with Gasteiger partial charge in [-0.15, -0.1) is 0 Å². The Morgan fingerprint density at radius 1 is 1.03 bits per heavy atom. The van der Waals surface area contributed by atoms with Gasteiger partial charge in [-0.3, -0.25) is 9.59 Å². The minimum atomic E-state index is -0.726. The summed E-state index contributed by atoms with van der Waals surface area (Å²) in [5, 5.41) is 2.81. The number of methoxy groups -OCH3 is 1. The molecule has 0 aliphatic carbocycles. The molecule has 1 N–H and O–H groups in total. The van der Waals surface area contributed by atoms with Crippen LogP contribution in [0.4, 0.5) is 4.39 Å². The first-order chi connectivity index (χ1) is 13.8. The summed E-state index contributed by atoms with van der Waals surface area (Å²) in [7, 11) is 1.52.